The maximum atomic E-state index is 13.9. The lowest BCUT2D eigenvalue weighted by Crippen LogP contribution is -2.55. The third-order valence-corrected chi connectivity index (χ3v) is 8.12. The molecule has 3 amide bonds. The van der Waals surface area contributed by atoms with Crippen molar-refractivity contribution in [2.24, 2.45) is 11.7 Å². The second-order valence-electron chi connectivity index (χ2n) is 12.1. The minimum absolute atomic E-state index is 0.0559. The van der Waals surface area contributed by atoms with Crippen molar-refractivity contribution in [2.75, 3.05) is 0 Å². The molecule has 4 rings (SSSR count). The molecular weight excluding hydrogens is 606 g/mol. The predicted molar refractivity (Wildman–Crippen MR) is 183 cm³/mol. The first-order chi connectivity index (χ1) is 23.1. The van der Waals surface area contributed by atoms with Crippen LogP contribution in [0.15, 0.2) is 121 Å². The Morgan fingerprint density at radius 1 is 0.688 bits per heavy atom. The molecule has 250 valence electrons. The summed E-state index contributed by atoms with van der Waals surface area (Å²) in [6.07, 6.45) is -2.43. The number of nitrogens with one attached hydrogen (secondary N) is 2. The summed E-state index contributed by atoms with van der Waals surface area (Å²) >= 11 is 0. The summed E-state index contributed by atoms with van der Waals surface area (Å²) < 4.78 is 5.38. The van der Waals surface area contributed by atoms with Crippen molar-refractivity contribution in [3.63, 3.8) is 0 Å². The Balaban J connectivity index is 1.48. The number of carbonyl (C=O) groups excluding carboxylic acids is 4. The highest BCUT2D eigenvalue weighted by atomic mass is 16.5. The van der Waals surface area contributed by atoms with E-state index in [1.165, 1.54) is 0 Å². The molecule has 0 saturated heterocycles. The summed E-state index contributed by atoms with van der Waals surface area (Å²) in [6, 6.07) is 34.8. The molecule has 5 N–H and O–H groups in total. The van der Waals surface area contributed by atoms with Crippen LogP contribution in [0.5, 0.6) is 0 Å². The number of primary amides is 1. The molecular formula is C39H43N3O6. The van der Waals surface area contributed by atoms with E-state index in [1.807, 2.05) is 105 Å². The van der Waals surface area contributed by atoms with Crippen LogP contribution in [0.4, 0.5) is 0 Å². The van der Waals surface area contributed by atoms with E-state index in [-0.39, 0.29) is 31.1 Å². The van der Waals surface area contributed by atoms with Crippen LogP contribution >= 0.6 is 0 Å². The number of nitrogens with two attached hydrogens (primary N) is 1. The van der Waals surface area contributed by atoms with Gasteiger partial charge in [-0.25, -0.2) is 0 Å². The van der Waals surface area contributed by atoms with Crippen LogP contribution in [-0.2, 0) is 30.3 Å². The van der Waals surface area contributed by atoms with Crippen molar-refractivity contribution in [1.29, 1.82) is 0 Å². The largest absolute Gasteiger partial charge is 0.447 e. The topological polar surface area (TPSA) is 148 Å². The van der Waals surface area contributed by atoms with Gasteiger partial charge < -0.3 is 26.2 Å². The number of hydrogen-bond donors (Lipinski definition) is 4. The molecule has 0 spiro atoms. The van der Waals surface area contributed by atoms with Gasteiger partial charge in [-0.1, -0.05) is 135 Å². The maximum absolute atomic E-state index is 13.9. The van der Waals surface area contributed by atoms with Gasteiger partial charge in [0, 0.05) is 12.0 Å². The number of esters is 1. The average Bonchev–Trinajstić information content (AvgIpc) is 3.09. The number of amides is 3. The molecule has 1 unspecified atom stereocenters. The molecule has 0 bridgehead atoms. The Labute approximate surface area is 281 Å². The van der Waals surface area contributed by atoms with E-state index in [2.05, 4.69) is 10.6 Å². The van der Waals surface area contributed by atoms with Gasteiger partial charge in [-0.3, -0.25) is 19.2 Å². The molecule has 9 heteroatoms. The van der Waals surface area contributed by atoms with Crippen molar-refractivity contribution in [3.8, 4) is 0 Å². The second-order valence-corrected chi connectivity index (χ2v) is 12.1. The normalized spacial score (nSPS) is 13.6. The molecule has 0 fully saturated rings. The zero-order valence-electron chi connectivity index (χ0n) is 27.2. The molecule has 9 nitrogen and oxygen atoms in total. The van der Waals surface area contributed by atoms with Gasteiger partial charge in [-0.15, -0.1) is 0 Å². The van der Waals surface area contributed by atoms with Crippen LogP contribution in [0.25, 0.3) is 0 Å². The summed E-state index contributed by atoms with van der Waals surface area (Å²) in [5, 5.41) is 17.2. The highest BCUT2D eigenvalue weighted by Crippen LogP contribution is 2.25. The first kappa shape index (κ1) is 35.6. The molecule has 4 atom stereocenters. The zero-order valence-corrected chi connectivity index (χ0v) is 27.2. The van der Waals surface area contributed by atoms with Gasteiger partial charge in [0.15, 0.2) is 0 Å². The standard InChI is InChI=1S/C39H43N3O6/c1-26(2)35(42-38(46)34(28-17-9-4-10-18-28)29-19-11-5-12-20-29)39(47)41-31(25-27-15-7-3-8-16-27)32(43)23-24-33(44)48-36(37(40)45)30-21-13-6-14-22-30/h3-22,26,31-32,34-36,43H,23-25H2,1-2H3,(H2,40,45)(H,41,47)(H,42,46)/t31-,32-,35-,36?/m0/s1. The maximum Gasteiger partial charge on any atom is 0.307 e. The van der Waals surface area contributed by atoms with Gasteiger partial charge in [0.2, 0.25) is 17.9 Å². The smallest absolute Gasteiger partial charge is 0.307 e. The molecule has 48 heavy (non-hydrogen) atoms. The van der Waals surface area contributed by atoms with E-state index in [9.17, 15) is 24.3 Å². The SMILES string of the molecule is CC(C)[C@H](NC(=O)C(c1ccccc1)c1ccccc1)C(=O)N[C@@H](Cc1ccccc1)[C@@H](O)CCC(=O)OC(C(N)=O)c1ccccc1. The number of carbonyl (C=O) groups is 4. The number of benzene rings is 4. The lowest BCUT2D eigenvalue weighted by Gasteiger charge is -2.29. The minimum atomic E-state index is -1.26. The Morgan fingerprint density at radius 2 is 1.17 bits per heavy atom. The van der Waals surface area contributed by atoms with E-state index >= 15 is 0 Å². The molecule has 0 aliphatic rings. The third kappa shape index (κ3) is 10.1. The summed E-state index contributed by atoms with van der Waals surface area (Å²) in [6.45, 7) is 3.68. The summed E-state index contributed by atoms with van der Waals surface area (Å²) in [5.74, 6) is -3.24. The highest BCUT2D eigenvalue weighted by Gasteiger charge is 2.32. The van der Waals surface area contributed by atoms with Gasteiger partial charge >= 0.3 is 5.97 Å². The van der Waals surface area contributed by atoms with E-state index in [0.717, 1.165) is 16.7 Å². The Kier molecular flexibility index (Phi) is 13.0. The van der Waals surface area contributed by atoms with Gasteiger partial charge in [0.1, 0.15) is 6.04 Å². The van der Waals surface area contributed by atoms with Crippen molar-refractivity contribution < 1.29 is 29.0 Å². The second kappa shape index (κ2) is 17.6. The lowest BCUT2D eigenvalue weighted by molar-refractivity contribution is -0.156. The van der Waals surface area contributed by atoms with Crippen LogP contribution in [-0.4, -0.2) is 47.0 Å². The summed E-state index contributed by atoms with van der Waals surface area (Å²) in [7, 11) is 0. The Bertz CT molecular complexity index is 1580. The van der Waals surface area contributed by atoms with Gasteiger partial charge in [-0.2, -0.15) is 0 Å². The van der Waals surface area contributed by atoms with Crippen LogP contribution in [0.2, 0.25) is 0 Å². The fraction of sp³-hybridized carbons (Fsp3) is 0.282. The molecule has 0 aliphatic carbocycles. The number of aliphatic hydroxyl groups is 1. The molecule has 0 saturated carbocycles. The number of rotatable bonds is 16. The summed E-state index contributed by atoms with van der Waals surface area (Å²) in [5.41, 5.74) is 8.38. The molecule has 0 radical (unpaired) electrons. The summed E-state index contributed by atoms with van der Waals surface area (Å²) in [4.78, 5) is 52.5. The number of ether oxygens (including phenoxy) is 1. The number of aliphatic hydroxyl groups excluding tert-OH is 1. The van der Waals surface area contributed by atoms with Gasteiger partial charge in [0.25, 0.3) is 5.91 Å². The first-order valence-corrected chi connectivity index (χ1v) is 16.1. The quantitative estimate of drug-likeness (QED) is 0.131. The van der Waals surface area contributed by atoms with Crippen LogP contribution in [0, 0.1) is 5.92 Å². The van der Waals surface area contributed by atoms with Crippen LogP contribution in [0.3, 0.4) is 0 Å². The Morgan fingerprint density at radius 3 is 1.65 bits per heavy atom. The van der Waals surface area contributed by atoms with Crippen molar-refractivity contribution in [1.82, 2.24) is 10.6 Å². The monoisotopic (exact) mass is 649 g/mol. The Hall–Kier alpha value is -5.28. The van der Waals surface area contributed by atoms with E-state index in [1.54, 1.807) is 30.3 Å². The fourth-order valence-corrected chi connectivity index (χ4v) is 5.56. The fourth-order valence-electron chi connectivity index (χ4n) is 5.56. The van der Waals surface area contributed by atoms with Crippen molar-refractivity contribution in [2.45, 2.75) is 63.3 Å². The van der Waals surface area contributed by atoms with Gasteiger partial charge in [0.05, 0.1) is 18.1 Å². The lowest BCUT2D eigenvalue weighted by atomic mass is 9.89. The molecule has 0 heterocycles. The zero-order chi connectivity index (χ0) is 34.5. The molecule has 0 aliphatic heterocycles. The highest BCUT2D eigenvalue weighted by molar-refractivity contribution is 5.92. The van der Waals surface area contributed by atoms with Crippen LogP contribution in [0.1, 0.15) is 61.0 Å². The predicted octanol–water partition coefficient (Wildman–Crippen LogP) is 4.60. The molecule has 0 aromatic heterocycles. The number of hydrogen-bond acceptors (Lipinski definition) is 6. The first-order valence-electron chi connectivity index (χ1n) is 16.1. The van der Waals surface area contributed by atoms with E-state index in [4.69, 9.17) is 10.5 Å². The van der Waals surface area contributed by atoms with E-state index < -0.39 is 48.0 Å². The van der Waals surface area contributed by atoms with Crippen molar-refractivity contribution in [3.05, 3.63) is 144 Å². The van der Waals surface area contributed by atoms with Crippen molar-refractivity contribution >= 4 is 23.7 Å². The van der Waals surface area contributed by atoms with Crippen LogP contribution < -0.4 is 16.4 Å². The minimum Gasteiger partial charge on any atom is -0.447 e. The molecule has 4 aromatic carbocycles. The third-order valence-electron chi connectivity index (χ3n) is 8.12. The molecule has 4 aromatic rings. The average molecular weight is 650 g/mol. The van der Waals surface area contributed by atoms with E-state index in [0.29, 0.717) is 5.56 Å². The van der Waals surface area contributed by atoms with Gasteiger partial charge in [-0.05, 0) is 35.4 Å².